The van der Waals surface area contributed by atoms with Gasteiger partial charge in [-0.05, 0) is 6.92 Å². The van der Waals surface area contributed by atoms with Crippen molar-refractivity contribution >= 4 is 14.0 Å². The van der Waals surface area contributed by atoms with Crippen LogP contribution in [0, 0.1) is 11.5 Å². The minimum atomic E-state index is -1.54. The van der Waals surface area contributed by atoms with Gasteiger partial charge in [0.1, 0.15) is 8.07 Å². The van der Waals surface area contributed by atoms with Gasteiger partial charge in [0, 0.05) is 19.5 Å². The van der Waals surface area contributed by atoms with E-state index in [1.54, 1.807) is 11.9 Å². The first-order valence-corrected chi connectivity index (χ1v) is 8.70. The smallest absolute Gasteiger partial charge is 0.267 e. The number of hydrogen-bond acceptors (Lipinski definition) is 2. The molecule has 0 saturated carbocycles. The van der Waals surface area contributed by atoms with Crippen LogP contribution < -0.4 is 0 Å². The molecule has 4 heteroatoms. The van der Waals surface area contributed by atoms with Gasteiger partial charge < -0.3 is 10.0 Å². The zero-order valence-electron chi connectivity index (χ0n) is 10.1. The van der Waals surface area contributed by atoms with Crippen molar-refractivity contribution in [3.05, 3.63) is 0 Å². The first-order valence-electron chi connectivity index (χ1n) is 5.20. The Hall–Kier alpha value is -0.793. The zero-order chi connectivity index (χ0) is 11.9. The van der Waals surface area contributed by atoms with E-state index >= 15 is 0 Å². The van der Waals surface area contributed by atoms with Crippen LogP contribution in [0.5, 0.6) is 0 Å². The topological polar surface area (TPSA) is 40.5 Å². The predicted octanol–water partition coefficient (Wildman–Crippen LogP) is 0.849. The van der Waals surface area contributed by atoms with Crippen LogP contribution in [0.1, 0.15) is 13.3 Å². The molecule has 0 radical (unpaired) electrons. The number of likely N-dealkylation sites (tertiary alicyclic amines) is 1. The number of rotatable bonds is 0. The summed E-state index contributed by atoms with van der Waals surface area (Å²) < 4.78 is 0. The van der Waals surface area contributed by atoms with Gasteiger partial charge in [0.15, 0.2) is 0 Å². The van der Waals surface area contributed by atoms with Crippen LogP contribution in [0.2, 0.25) is 19.6 Å². The Morgan fingerprint density at radius 1 is 1.53 bits per heavy atom. The first kappa shape index (κ1) is 12.3. The highest BCUT2D eigenvalue weighted by Crippen LogP contribution is 2.26. The van der Waals surface area contributed by atoms with Crippen molar-refractivity contribution in [2.45, 2.75) is 44.6 Å². The minimum absolute atomic E-state index is 0.0680. The molecule has 1 aliphatic rings. The molecule has 0 bridgehead atoms. The molecule has 1 amide bonds. The zero-order valence-corrected chi connectivity index (χ0v) is 11.1. The molecule has 0 aromatic carbocycles. The lowest BCUT2D eigenvalue weighted by atomic mass is 10.0. The van der Waals surface area contributed by atoms with E-state index in [9.17, 15) is 9.90 Å². The monoisotopic (exact) mass is 225 g/mol. The van der Waals surface area contributed by atoms with E-state index in [-0.39, 0.29) is 11.9 Å². The van der Waals surface area contributed by atoms with Crippen LogP contribution in [0.15, 0.2) is 0 Å². The molecule has 0 spiro atoms. The number of amides is 1. The Morgan fingerprint density at radius 2 is 2.07 bits per heavy atom. The Morgan fingerprint density at radius 3 is 2.40 bits per heavy atom. The number of nitrogens with zero attached hydrogens (tertiary/aromatic N) is 1. The van der Waals surface area contributed by atoms with Crippen LogP contribution in [-0.2, 0) is 4.79 Å². The third-order valence-corrected chi connectivity index (χ3v) is 3.45. The molecule has 0 aromatic rings. The minimum Gasteiger partial charge on any atom is -0.369 e. The maximum absolute atomic E-state index is 11.7. The fourth-order valence-corrected chi connectivity index (χ4v) is 2.12. The maximum Gasteiger partial charge on any atom is 0.267 e. The standard InChI is InChI=1S/C11H19NO2Si/c1-9-8-11(14,10(13)12(9)2)6-7-15(3,4)5/h9,14H,8H2,1-5H3. The van der Waals surface area contributed by atoms with Crippen molar-refractivity contribution < 1.29 is 9.90 Å². The predicted molar refractivity (Wildman–Crippen MR) is 62.9 cm³/mol. The Kier molecular flexibility index (Phi) is 2.99. The molecule has 3 nitrogen and oxygen atoms in total. The molecule has 1 rings (SSSR count). The van der Waals surface area contributed by atoms with Crippen molar-refractivity contribution in [1.82, 2.24) is 4.90 Å². The highest BCUT2D eigenvalue weighted by molar-refractivity contribution is 6.83. The fraction of sp³-hybridized carbons (Fsp3) is 0.727. The van der Waals surface area contributed by atoms with Gasteiger partial charge in [0.25, 0.3) is 5.91 Å². The van der Waals surface area contributed by atoms with Crippen LogP contribution >= 0.6 is 0 Å². The largest absolute Gasteiger partial charge is 0.369 e. The summed E-state index contributed by atoms with van der Waals surface area (Å²) in [6.45, 7) is 8.20. The fourth-order valence-electron chi connectivity index (χ4n) is 1.54. The van der Waals surface area contributed by atoms with E-state index in [1.165, 1.54) is 0 Å². The number of likely N-dealkylation sites (N-methyl/N-ethyl adjacent to an activating group) is 1. The third-order valence-electron chi connectivity index (χ3n) is 2.57. The van der Waals surface area contributed by atoms with E-state index in [4.69, 9.17) is 0 Å². The normalized spacial score (nSPS) is 31.5. The molecule has 2 unspecified atom stereocenters. The van der Waals surface area contributed by atoms with Gasteiger partial charge >= 0.3 is 0 Å². The summed E-state index contributed by atoms with van der Waals surface area (Å²) in [6.07, 6.45) is 0.416. The molecule has 1 heterocycles. The number of hydrogen-bond donors (Lipinski definition) is 1. The van der Waals surface area contributed by atoms with E-state index in [1.807, 2.05) is 6.92 Å². The summed E-state index contributed by atoms with van der Waals surface area (Å²) in [7, 11) is 0.172. The second kappa shape index (κ2) is 3.65. The molecule has 1 fully saturated rings. The van der Waals surface area contributed by atoms with Crippen molar-refractivity contribution in [3.8, 4) is 11.5 Å². The molecule has 1 aliphatic heterocycles. The lowest BCUT2D eigenvalue weighted by molar-refractivity contribution is -0.138. The van der Waals surface area contributed by atoms with Crippen molar-refractivity contribution in [2.75, 3.05) is 7.05 Å². The van der Waals surface area contributed by atoms with Gasteiger partial charge in [-0.2, -0.15) is 0 Å². The second-order valence-electron chi connectivity index (χ2n) is 5.33. The van der Waals surface area contributed by atoms with Gasteiger partial charge in [-0.15, -0.1) is 5.54 Å². The Labute approximate surface area is 92.5 Å². The van der Waals surface area contributed by atoms with E-state index in [0.717, 1.165) is 0 Å². The van der Waals surface area contributed by atoms with Gasteiger partial charge in [0.05, 0.1) is 0 Å². The van der Waals surface area contributed by atoms with Gasteiger partial charge in [-0.25, -0.2) is 0 Å². The lowest BCUT2D eigenvalue weighted by Crippen LogP contribution is -2.38. The molecular weight excluding hydrogens is 206 g/mol. The molecule has 1 N–H and O–H groups in total. The molecule has 0 aliphatic carbocycles. The number of carbonyl (C=O) groups is 1. The Bertz CT molecular complexity index is 337. The summed E-state index contributed by atoms with van der Waals surface area (Å²) >= 11 is 0. The summed E-state index contributed by atoms with van der Waals surface area (Å²) in [4.78, 5) is 13.3. The van der Waals surface area contributed by atoms with Gasteiger partial charge in [-0.3, -0.25) is 4.79 Å². The van der Waals surface area contributed by atoms with Crippen molar-refractivity contribution in [2.24, 2.45) is 0 Å². The van der Waals surface area contributed by atoms with E-state index < -0.39 is 13.7 Å². The highest BCUT2D eigenvalue weighted by Gasteiger charge is 2.46. The summed E-state index contributed by atoms with van der Waals surface area (Å²) in [5, 5.41) is 10.1. The van der Waals surface area contributed by atoms with E-state index in [0.29, 0.717) is 6.42 Å². The molecule has 15 heavy (non-hydrogen) atoms. The third kappa shape index (κ3) is 2.61. The van der Waals surface area contributed by atoms with Crippen LogP contribution in [-0.4, -0.2) is 42.7 Å². The van der Waals surface area contributed by atoms with Gasteiger partial charge in [0.2, 0.25) is 5.60 Å². The van der Waals surface area contributed by atoms with Crippen molar-refractivity contribution in [1.29, 1.82) is 0 Å². The van der Waals surface area contributed by atoms with Crippen LogP contribution in [0.25, 0.3) is 0 Å². The lowest BCUT2D eigenvalue weighted by Gasteiger charge is -2.15. The van der Waals surface area contributed by atoms with Gasteiger partial charge in [-0.1, -0.05) is 25.6 Å². The average Bonchev–Trinajstić information content (AvgIpc) is 2.27. The average molecular weight is 225 g/mol. The molecule has 84 valence electrons. The van der Waals surface area contributed by atoms with E-state index in [2.05, 4.69) is 31.1 Å². The Balaban J connectivity index is 2.94. The molecular formula is C11H19NO2Si. The summed E-state index contributed by atoms with van der Waals surface area (Å²) in [5.74, 6) is 2.52. The number of carbonyl (C=O) groups excluding carboxylic acids is 1. The van der Waals surface area contributed by atoms with Crippen LogP contribution in [0.3, 0.4) is 0 Å². The molecule has 1 saturated heterocycles. The second-order valence-corrected chi connectivity index (χ2v) is 10.1. The SMILES string of the molecule is CC1CC(O)(C#C[Si](C)(C)C)C(=O)N1C. The highest BCUT2D eigenvalue weighted by atomic mass is 28.3. The number of aliphatic hydroxyl groups is 1. The van der Waals surface area contributed by atoms with Crippen LogP contribution in [0.4, 0.5) is 0 Å². The quantitative estimate of drug-likeness (QED) is 0.490. The molecule has 2 atom stereocenters. The van der Waals surface area contributed by atoms with Crippen molar-refractivity contribution in [3.63, 3.8) is 0 Å². The molecule has 0 aromatic heterocycles. The summed E-state index contributed by atoms with van der Waals surface area (Å²) in [5.41, 5.74) is 1.63. The maximum atomic E-state index is 11.7. The first-order chi connectivity index (χ1) is 6.66. The summed E-state index contributed by atoms with van der Waals surface area (Å²) in [6, 6.07) is 0.0680.